The van der Waals surface area contributed by atoms with Gasteiger partial charge in [0.2, 0.25) is 0 Å². The fourth-order valence-electron chi connectivity index (χ4n) is 1.21. The molecule has 1 aromatic rings. The molecule has 4 nitrogen and oxygen atoms in total. The van der Waals surface area contributed by atoms with Crippen LogP contribution in [0.25, 0.3) is 0 Å². The zero-order valence-electron chi connectivity index (χ0n) is 8.20. The first kappa shape index (κ1) is 11.5. The molecule has 0 radical (unpaired) electrons. The molecule has 0 aliphatic carbocycles. The normalized spacial score (nSPS) is 12.2. The molecule has 1 atom stereocenters. The number of nitrogens with one attached hydrogen (secondary N) is 1. The second-order valence-corrected chi connectivity index (χ2v) is 3.23. The van der Waals surface area contributed by atoms with E-state index in [0.29, 0.717) is 11.3 Å². The average Bonchev–Trinajstić information content (AvgIpc) is 2.12. The van der Waals surface area contributed by atoms with Gasteiger partial charge >= 0.3 is 5.97 Å². The third-order valence-electron chi connectivity index (χ3n) is 1.86. The SMILES string of the molecule is Cc1cc(F)cc(NC(CO)C(=O)O)c1. The highest BCUT2D eigenvalue weighted by Gasteiger charge is 2.15. The van der Waals surface area contributed by atoms with E-state index in [1.807, 2.05) is 0 Å². The maximum Gasteiger partial charge on any atom is 0.328 e. The van der Waals surface area contributed by atoms with Crippen LogP contribution in [0.5, 0.6) is 0 Å². The summed E-state index contributed by atoms with van der Waals surface area (Å²) in [5, 5.41) is 19.9. The van der Waals surface area contributed by atoms with Crippen molar-refractivity contribution in [2.75, 3.05) is 11.9 Å². The fraction of sp³-hybridized carbons (Fsp3) is 0.300. The Morgan fingerprint density at radius 2 is 2.20 bits per heavy atom. The summed E-state index contributed by atoms with van der Waals surface area (Å²) in [7, 11) is 0. The van der Waals surface area contributed by atoms with E-state index in [-0.39, 0.29) is 0 Å². The molecule has 15 heavy (non-hydrogen) atoms. The number of halogens is 1. The zero-order valence-corrected chi connectivity index (χ0v) is 8.20. The molecule has 1 rings (SSSR count). The number of aryl methyl sites for hydroxylation is 1. The van der Waals surface area contributed by atoms with Crippen molar-refractivity contribution in [3.63, 3.8) is 0 Å². The van der Waals surface area contributed by atoms with Gasteiger partial charge in [-0.2, -0.15) is 0 Å². The molecule has 1 aromatic carbocycles. The highest BCUT2D eigenvalue weighted by molar-refractivity contribution is 5.77. The Labute approximate surface area is 86.4 Å². The Morgan fingerprint density at radius 1 is 1.53 bits per heavy atom. The Bertz CT molecular complexity index is 347. The minimum Gasteiger partial charge on any atom is -0.480 e. The number of aliphatic hydroxyl groups excluding tert-OH is 1. The van der Waals surface area contributed by atoms with Crippen molar-refractivity contribution in [1.82, 2.24) is 0 Å². The van der Waals surface area contributed by atoms with Gasteiger partial charge in [-0.25, -0.2) is 9.18 Å². The standard InChI is InChI=1S/C10H12FNO3/c1-6-2-7(11)4-8(3-6)12-9(5-13)10(14)15/h2-4,9,12-13H,5H2,1H3,(H,14,15). The smallest absolute Gasteiger partial charge is 0.328 e. The van der Waals surface area contributed by atoms with Gasteiger partial charge in [-0.3, -0.25) is 0 Å². The first-order valence-electron chi connectivity index (χ1n) is 4.40. The number of hydrogen-bond acceptors (Lipinski definition) is 3. The van der Waals surface area contributed by atoms with E-state index in [2.05, 4.69) is 5.32 Å². The Morgan fingerprint density at radius 3 is 2.67 bits per heavy atom. The summed E-state index contributed by atoms with van der Waals surface area (Å²) in [6, 6.07) is 3.00. The van der Waals surface area contributed by atoms with E-state index in [0.717, 1.165) is 0 Å². The molecule has 0 amide bonds. The van der Waals surface area contributed by atoms with Gasteiger partial charge in [0.05, 0.1) is 6.61 Å². The van der Waals surface area contributed by atoms with Gasteiger partial charge in [-0.1, -0.05) is 0 Å². The van der Waals surface area contributed by atoms with Gasteiger partial charge in [0.25, 0.3) is 0 Å². The molecule has 0 aliphatic rings. The van der Waals surface area contributed by atoms with Crippen LogP contribution in [0, 0.1) is 12.7 Å². The lowest BCUT2D eigenvalue weighted by Crippen LogP contribution is -2.32. The van der Waals surface area contributed by atoms with Crippen molar-refractivity contribution in [3.8, 4) is 0 Å². The molecule has 3 N–H and O–H groups in total. The highest BCUT2D eigenvalue weighted by atomic mass is 19.1. The first-order valence-corrected chi connectivity index (χ1v) is 4.40. The summed E-state index contributed by atoms with van der Waals surface area (Å²) in [4.78, 5) is 10.6. The summed E-state index contributed by atoms with van der Waals surface area (Å²) < 4.78 is 12.9. The number of carboxylic acids is 1. The quantitative estimate of drug-likeness (QED) is 0.697. The topological polar surface area (TPSA) is 69.6 Å². The van der Waals surface area contributed by atoms with Gasteiger partial charge in [0.1, 0.15) is 11.9 Å². The van der Waals surface area contributed by atoms with Gasteiger partial charge < -0.3 is 15.5 Å². The molecule has 0 aliphatic heterocycles. The summed E-state index contributed by atoms with van der Waals surface area (Å²) in [5.41, 5.74) is 1.02. The third kappa shape index (κ3) is 3.21. The zero-order chi connectivity index (χ0) is 11.4. The van der Waals surface area contributed by atoms with Crippen LogP contribution in [0.1, 0.15) is 5.56 Å². The van der Waals surface area contributed by atoms with E-state index >= 15 is 0 Å². The van der Waals surface area contributed by atoms with Crippen LogP contribution in [0.4, 0.5) is 10.1 Å². The van der Waals surface area contributed by atoms with E-state index in [9.17, 15) is 9.18 Å². The van der Waals surface area contributed by atoms with Gasteiger partial charge in [-0.05, 0) is 30.7 Å². The van der Waals surface area contributed by atoms with Crippen LogP contribution in [0.15, 0.2) is 18.2 Å². The molecule has 0 saturated heterocycles. The van der Waals surface area contributed by atoms with Crippen LogP contribution in [0.2, 0.25) is 0 Å². The Kier molecular flexibility index (Phi) is 3.62. The largest absolute Gasteiger partial charge is 0.480 e. The van der Waals surface area contributed by atoms with E-state index in [4.69, 9.17) is 10.2 Å². The van der Waals surface area contributed by atoms with Crippen LogP contribution >= 0.6 is 0 Å². The van der Waals surface area contributed by atoms with Crippen LogP contribution < -0.4 is 5.32 Å². The number of hydrogen-bond donors (Lipinski definition) is 3. The van der Waals surface area contributed by atoms with Crippen LogP contribution in [-0.4, -0.2) is 28.8 Å². The summed E-state index contributed by atoms with van der Waals surface area (Å²) >= 11 is 0. The number of aliphatic hydroxyl groups is 1. The molecule has 0 heterocycles. The minimum absolute atomic E-state index is 0.342. The minimum atomic E-state index is -1.18. The molecule has 0 fully saturated rings. The molecule has 0 aromatic heterocycles. The van der Waals surface area contributed by atoms with Crippen molar-refractivity contribution < 1.29 is 19.4 Å². The molecule has 0 saturated carbocycles. The number of aliphatic carboxylic acids is 1. The third-order valence-corrected chi connectivity index (χ3v) is 1.86. The maximum absolute atomic E-state index is 12.9. The predicted molar refractivity (Wildman–Crippen MR) is 53.3 cm³/mol. The average molecular weight is 213 g/mol. The molecule has 5 heteroatoms. The van der Waals surface area contributed by atoms with Crippen LogP contribution in [0.3, 0.4) is 0 Å². The molecule has 82 valence electrons. The second-order valence-electron chi connectivity index (χ2n) is 3.23. The van der Waals surface area contributed by atoms with Crippen molar-refractivity contribution in [2.45, 2.75) is 13.0 Å². The van der Waals surface area contributed by atoms with Crippen molar-refractivity contribution in [1.29, 1.82) is 0 Å². The Hall–Kier alpha value is -1.62. The van der Waals surface area contributed by atoms with Gasteiger partial charge in [0.15, 0.2) is 0 Å². The number of carbonyl (C=O) groups is 1. The lowest BCUT2D eigenvalue weighted by Gasteiger charge is -2.13. The second kappa shape index (κ2) is 4.75. The molecule has 0 bridgehead atoms. The summed E-state index contributed by atoms with van der Waals surface area (Å²) in [5.74, 6) is -1.63. The van der Waals surface area contributed by atoms with Crippen molar-refractivity contribution in [3.05, 3.63) is 29.6 Å². The predicted octanol–water partition coefficient (Wildman–Crippen LogP) is 0.992. The first-order chi connectivity index (χ1) is 7.02. The van der Waals surface area contributed by atoms with Crippen molar-refractivity contribution >= 4 is 11.7 Å². The molecular weight excluding hydrogens is 201 g/mol. The monoisotopic (exact) mass is 213 g/mol. The number of anilines is 1. The van der Waals surface area contributed by atoms with Crippen LogP contribution in [-0.2, 0) is 4.79 Å². The summed E-state index contributed by atoms with van der Waals surface area (Å²) in [6.07, 6.45) is 0. The molecule has 0 spiro atoms. The lowest BCUT2D eigenvalue weighted by molar-refractivity contribution is -0.138. The number of carboxylic acid groups (broad SMARTS) is 1. The van der Waals surface area contributed by atoms with Crippen molar-refractivity contribution in [2.24, 2.45) is 0 Å². The van der Waals surface area contributed by atoms with E-state index < -0.39 is 24.4 Å². The maximum atomic E-state index is 12.9. The highest BCUT2D eigenvalue weighted by Crippen LogP contribution is 2.14. The fourth-order valence-corrected chi connectivity index (χ4v) is 1.21. The molecule has 1 unspecified atom stereocenters. The number of benzene rings is 1. The van der Waals surface area contributed by atoms with E-state index in [1.165, 1.54) is 12.1 Å². The van der Waals surface area contributed by atoms with E-state index in [1.54, 1.807) is 13.0 Å². The number of rotatable bonds is 4. The molecular formula is C10H12FNO3. The van der Waals surface area contributed by atoms with Gasteiger partial charge in [0, 0.05) is 5.69 Å². The Balaban J connectivity index is 2.83. The van der Waals surface area contributed by atoms with Gasteiger partial charge in [-0.15, -0.1) is 0 Å². The lowest BCUT2D eigenvalue weighted by atomic mass is 10.2. The summed E-state index contributed by atoms with van der Waals surface area (Å²) in [6.45, 7) is 1.15.